The van der Waals surface area contributed by atoms with Crippen molar-refractivity contribution in [2.75, 3.05) is 0 Å². The normalized spacial score (nSPS) is 12.4. The summed E-state index contributed by atoms with van der Waals surface area (Å²) in [6.45, 7) is 10.3. The first-order valence-electron chi connectivity index (χ1n) is 5.75. The molecular weight excluding hydrogens is 226 g/mol. The fourth-order valence-corrected chi connectivity index (χ4v) is 2.60. The molecule has 0 aliphatic heterocycles. The molecule has 0 spiro atoms. The zero-order valence-corrected chi connectivity index (χ0v) is 11.3. The van der Waals surface area contributed by atoms with Gasteiger partial charge in [0.2, 0.25) is 0 Å². The molecule has 0 unspecified atom stereocenters. The molecule has 2 aromatic rings. The van der Waals surface area contributed by atoms with Crippen LogP contribution in [0.1, 0.15) is 31.0 Å². The Hall–Kier alpha value is -1.41. The van der Waals surface area contributed by atoms with E-state index in [9.17, 15) is 0 Å². The highest BCUT2D eigenvalue weighted by molar-refractivity contribution is 7.13. The van der Waals surface area contributed by atoms with Gasteiger partial charge in [0.1, 0.15) is 0 Å². The van der Waals surface area contributed by atoms with Crippen molar-refractivity contribution >= 4 is 11.3 Å². The molecule has 2 rings (SSSR count). The lowest BCUT2D eigenvalue weighted by Crippen LogP contribution is -1.93. The monoisotopic (exact) mass is 243 g/mol. The van der Waals surface area contributed by atoms with Gasteiger partial charge >= 0.3 is 0 Å². The highest BCUT2D eigenvalue weighted by atomic mass is 32.1. The second-order valence-electron chi connectivity index (χ2n) is 4.46. The number of nitrogens with zero attached hydrogens (tertiary/aromatic N) is 1. The van der Waals surface area contributed by atoms with Gasteiger partial charge in [-0.3, -0.25) is 0 Å². The summed E-state index contributed by atoms with van der Waals surface area (Å²) in [5.41, 5.74) is 6.78. The minimum Gasteiger partial charge on any atom is -0.249 e. The van der Waals surface area contributed by atoms with Crippen LogP contribution in [-0.4, -0.2) is 4.98 Å². The summed E-state index contributed by atoms with van der Waals surface area (Å²) in [6.07, 6.45) is 0. The molecule has 0 saturated carbocycles. The average molecular weight is 243 g/mol. The Morgan fingerprint density at radius 1 is 1.29 bits per heavy atom. The van der Waals surface area contributed by atoms with Crippen LogP contribution >= 0.6 is 11.3 Å². The molecule has 0 amide bonds. The first kappa shape index (κ1) is 12.1. The number of benzene rings is 1. The molecule has 1 heterocycles. The maximum absolute atomic E-state index is 4.28. The van der Waals surface area contributed by atoms with E-state index in [4.69, 9.17) is 0 Å². The Morgan fingerprint density at radius 2 is 1.94 bits per heavy atom. The molecular formula is C15H17NS. The zero-order chi connectivity index (χ0) is 12.4. The summed E-state index contributed by atoms with van der Waals surface area (Å²) < 4.78 is 0. The summed E-state index contributed by atoms with van der Waals surface area (Å²) in [5.74, 6) is 0.423. The maximum atomic E-state index is 4.28. The van der Waals surface area contributed by atoms with Gasteiger partial charge in [-0.05, 0) is 25.0 Å². The highest BCUT2D eigenvalue weighted by Gasteiger charge is 2.08. The zero-order valence-electron chi connectivity index (χ0n) is 10.5. The number of rotatable bonds is 3. The van der Waals surface area contributed by atoms with Crippen LogP contribution in [0.4, 0.5) is 0 Å². The van der Waals surface area contributed by atoms with Gasteiger partial charge in [-0.1, -0.05) is 43.3 Å². The predicted molar refractivity (Wildman–Crippen MR) is 75.5 cm³/mol. The molecule has 0 bridgehead atoms. The van der Waals surface area contributed by atoms with E-state index in [0.29, 0.717) is 5.92 Å². The number of aromatic nitrogens is 1. The van der Waals surface area contributed by atoms with E-state index in [1.807, 2.05) is 5.51 Å². The van der Waals surface area contributed by atoms with Crippen molar-refractivity contribution in [2.24, 2.45) is 0 Å². The van der Waals surface area contributed by atoms with Crippen molar-refractivity contribution in [2.45, 2.75) is 26.7 Å². The Labute approximate surface area is 107 Å². The third-order valence-corrected chi connectivity index (χ3v) is 4.14. The van der Waals surface area contributed by atoms with Crippen molar-refractivity contribution in [1.82, 2.24) is 4.98 Å². The SMILES string of the molecule is C=C(C)[C@@H](C)c1ccc(-c2scnc2C)cc1. The molecule has 2 heteroatoms. The van der Waals surface area contributed by atoms with Crippen LogP contribution in [0.2, 0.25) is 0 Å². The first-order chi connectivity index (χ1) is 8.09. The Bertz CT molecular complexity index is 522. The smallest absolute Gasteiger partial charge is 0.0801 e. The van der Waals surface area contributed by atoms with Crippen LogP contribution in [0.5, 0.6) is 0 Å². The van der Waals surface area contributed by atoms with Gasteiger partial charge in [-0.2, -0.15) is 0 Å². The van der Waals surface area contributed by atoms with E-state index in [1.165, 1.54) is 21.6 Å². The van der Waals surface area contributed by atoms with Gasteiger partial charge in [0.25, 0.3) is 0 Å². The van der Waals surface area contributed by atoms with Gasteiger partial charge in [-0.15, -0.1) is 11.3 Å². The van der Waals surface area contributed by atoms with E-state index >= 15 is 0 Å². The van der Waals surface area contributed by atoms with E-state index in [2.05, 4.69) is 56.6 Å². The molecule has 1 atom stereocenters. The topological polar surface area (TPSA) is 12.9 Å². The number of thiazole rings is 1. The Balaban J connectivity index is 2.31. The second-order valence-corrected chi connectivity index (χ2v) is 5.31. The van der Waals surface area contributed by atoms with Gasteiger partial charge in [-0.25, -0.2) is 4.98 Å². The van der Waals surface area contributed by atoms with Crippen molar-refractivity contribution in [3.63, 3.8) is 0 Å². The summed E-state index contributed by atoms with van der Waals surface area (Å²) in [5, 5.41) is 0. The van der Waals surface area contributed by atoms with Gasteiger partial charge in [0.05, 0.1) is 16.1 Å². The van der Waals surface area contributed by atoms with Crippen LogP contribution < -0.4 is 0 Å². The lowest BCUT2D eigenvalue weighted by Gasteiger charge is -2.11. The summed E-state index contributed by atoms with van der Waals surface area (Å²) in [7, 11) is 0. The van der Waals surface area contributed by atoms with Crippen molar-refractivity contribution in [3.05, 3.63) is 53.2 Å². The van der Waals surface area contributed by atoms with E-state index in [0.717, 1.165) is 5.69 Å². The molecule has 0 aliphatic rings. The molecule has 0 aliphatic carbocycles. The number of hydrogen-bond acceptors (Lipinski definition) is 2. The van der Waals surface area contributed by atoms with Crippen LogP contribution in [0, 0.1) is 6.92 Å². The Morgan fingerprint density at radius 3 is 2.41 bits per heavy atom. The highest BCUT2D eigenvalue weighted by Crippen LogP contribution is 2.29. The minimum atomic E-state index is 0.423. The van der Waals surface area contributed by atoms with Gasteiger partial charge in [0, 0.05) is 5.92 Å². The van der Waals surface area contributed by atoms with Crippen LogP contribution in [0.3, 0.4) is 0 Å². The summed E-state index contributed by atoms with van der Waals surface area (Å²) in [4.78, 5) is 5.55. The lowest BCUT2D eigenvalue weighted by molar-refractivity contribution is 0.899. The molecule has 1 aromatic carbocycles. The molecule has 0 radical (unpaired) electrons. The summed E-state index contributed by atoms with van der Waals surface area (Å²) in [6, 6.07) is 8.73. The molecule has 1 nitrogen and oxygen atoms in total. The van der Waals surface area contributed by atoms with Gasteiger partial charge in [0.15, 0.2) is 0 Å². The molecule has 0 N–H and O–H groups in total. The standard InChI is InChI=1S/C15H17NS/c1-10(2)11(3)13-5-7-14(8-6-13)15-12(4)16-9-17-15/h5-9,11H,1H2,2-4H3/t11-/m1/s1. The quantitative estimate of drug-likeness (QED) is 0.706. The molecule has 0 fully saturated rings. The predicted octanol–water partition coefficient (Wildman–Crippen LogP) is 4.80. The number of aryl methyl sites for hydroxylation is 1. The molecule has 0 saturated heterocycles. The van der Waals surface area contributed by atoms with Crippen LogP contribution in [0.25, 0.3) is 10.4 Å². The largest absolute Gasteiger partial charge is 0.249 e. The Kier molecular flexibility index (Phi) is 3.43. The van der Waals surface area contributed by atoms with E-state index in [-0.39, 0.29) is 0 Å². The van der Waals surface area contributed by atoms with E-state index in [1.54, 1.807) is 11.3 Å². The maximum Gasteiger partial charge on any atom is 0.0801 e. The van der Waals surface area contributed by atoms with Crippen molar-refractivity contribution in [1.29, 1.82) is 0 Å². The molecule has 88 valence electrons. The fraction of sp³-hybridized carbons (Fsp3) is 0.267. The third kappa shape index (κ3) is 2.47. The number of hydrogen-bond donors (Lipinski definition) is 0. The van der Waals surface area contributed by atoms with Crippen LogP contribution in [0.15, 0.2) is 41.9 Å². The lowest BCUT2D eigenvalue weighted by atomic mass is 9.94. The first-order valence-corrected chi connectivity index (χ1v) is 6.63. The molecule has 17 heavy (non-hydrogen) atoms. The summed E-state index contributed by atoms with van der Waals surface area (Å²) >= 11 is 1.69. The minimum absolute atomic E-state index is 0.423. The van der Waals surface area contributed by atoms with Crippen molar-refractivity contribution in [3.8, 4) is 10.4 Å². The van der Waals surface area contributed by atoms with E-state index < -0.39 is 0 Å². The van der Waals surface area contributed by atoms with Crippen LogP contribution in [-0.2, 0) is 0 Å². The van der Waals surface area contributed by atoms with Gasteiger partial charge < -0.3 is 0 Å². The average Bonchev–Trinajstić information content (AvgIpc) is 2.74. The fourth-order valence-electron chi connectivity index (χ4n) is 1.79. The third-order valence-electron chi connectivity index (χ3n) is 3.16. The molecule has 1 aromatic heterocycles. The van der Waals surface area contributed by atoms with Crippen molar-refractivity contribution < 1.29 is 0 Å². The number of allylic oxidation sites excluding steroid dienone is 1. The second kappa shape index (κ2) is 4.84.